The zero-order valence-corrected chi connectivity index (χ0v) is 10.9. The SMILES string of the molecule is CC(C)(CN)C(=O)N(CCC#N)c1ccccc1. The lowest BCUT2D eigenvalue weighted by atomic mass is 9.91. The Morgan fingerprint density at radius 3 is 2.50 bits per heavy atom. The topological polar surface area (TPSA) is 70.1 Å². The zero-order chi connectivity index (χ0) is 13.6. The molecule has 1 aromatic carbocycles. The van der Waals surface area contributed by atoms with E-state index < -0.39 is 5.41 Å². The molecule has 0 unspecified atom stereocenters. The molecule has 0 aliphatic heterocycles. The first-order valence-corrected chi connectivity index (χ1v) is 5.97. The van der Waals surface area contributed by atoms with Crippen LogP contribution in [-0.4, -0.2) is 19.0 Å². The highest BCUT2D eigenvalue weighted by atomic mass is 16.2. The van der Waals surface area contributed by atoms with Crippen LogP contribution in [0, 0.1) is 16.7 Å². The number of benzene rings is 1. The highest BCUT2D eigenvalue weighted by molar-refractivity contribution is 5.97. The van der Waals surface area contributed by atoms with Gasteiger partial charge < -0.3 is 10.6 Å². The third-order valence-corrected chi connectivity index (χ3v) is 2.85. The molecule has 96 valence electrons. The van der Waals surface area contributed by atoms with Crippen LogP contribution < -0.4 is 10.6 Å². The van der Waals surface area contributed by atoms with Gasteiger partial charge in [-0.3, -0.25) is 4.79 Å². The van der Waals surface area contributed by atoms with Crippen LogP contribution in [0.25, 0.3) is 0 Å². The number of nitrogens with zero attached hydrogens (tertiary/aromatic N) is 2. The number of nitrogens with two attached hydrogens (primary N) is 1. The van der Waals surface area contributed by atoms with Gasteiger partial charge in [-0.25, -0.2) is 0 Å². The highest BCUT2D eigenvalue weighted by Gasteiger charge is 2.31. The van der Waals surface area contributed by atoms with Crippen LogP contribution in [0.5, 0.6) is 0 Å². The Kier molecular flexibility index (Phi) is 4.87. The molecule has 0 saturated heterocycles. The molecule has 0 spiro atoms. The Morgan fingerprint density at radius 1 is 1.39 bits per heavy atom. The van der Waals surface area contributed by atoms with Crippen molar-refractivity contribution in [2.24, 2.45) is 11.1 Å². The van der Waals surface area contributed by atoms with Gasteiger partial charge in [0.25, 0.3) is 0 Å². The van der Waals surface area contributed by atoms with Gasteiger partial charge in [0.05, 0.1) is 17.9 Å². The van der Waals surface area contributed by atoms with Crippen molar-refractivity contribution in [3.63, 3.8) is 0 Å². The van der Waals surface area contributed by atoms with Crippen molar-refractivity contribution in [1.82, 2.24) is 0 Å². The Labute approximate surface area is 108 Å². The van der Waals surface area contributed by atoms with Crippen molar-refractivity contribution in [3.05, 3.63) is 30.3 Å². The molecule has 4 heteroatoms. The number of carbonyl (C=O) groups excluding carboxylic acids is 1. The van der Waals surface area contributed by atoms with Crippen molar-refractivity contribution >= 4 is 11.6 Å². The molecule has 0 atom stereocenters. The van der Waals surface area contributed by atoms with Crippen LogP contribution in [0.15, 0.2) is 30.3 Å². The third kappa shape index (κ3) is 3.31. The van der Waals surface area contributed by atoms with E-state index >= 15 is 0 Å². The fourth-order valence-corrected chi connectivity index (χ4v) is 1.57. The van der Waals surface area contributed by atoms with Crippen molar-refractivity contribution in [2.75, 3.05) is 18.0 Å². The molecule has 0 aliphatic carbocycles. The van der Waals surface area contributed by atoms with Gasteiger partial charge in [-0.15, -0.1) is 0 Å². The summed E-state index contributed by atoms with van der Waals surface area (Å²) in [5.74, 6) is -0.0496. The Morgan fingerprint density at radius 2 is 2.00 bits per heavy atom. The normalized spacial score (nSPS) is 10.8. The standard InChI is InChI=1S/C14H19N3O/c1-14(2,11-16)13(18)17(10-6-9-15)12-7-4-3-5-8-12/h3-5,7-8H,6,10-11,16H2,1-2H3. The molecule has 1 amide bonds. The number of para-hydroxylation sites is 1. The fraction of sp³-hybridized carbons (Fsp3) is 0.429. The number of anilines is 1. The predicted molar refractivity (Wildman–Crippen MR) is 71.9 cm³/mol. The smallest absolute Gasteiger partial charge is 0.233 e. The first-order valence-electron chi connectivity index (χ1n) is 5.97. The van der Waals surface area contributed by atoms with Gasteiger partial charge in [-0.2, -0.15) is 5.26 Å². The van der Waals surface area contributed by atoms with Crippen LogP contribution in [0.1, 0.15) is 20.3 Å². The minimum absolute atomic E-state index is 0.0496. The number of rotatable bonds is 5. The van der Waals surface area contributed by atoms with Crippen LogP contribution in [0.3, 0.4) is 0 Å². The lowest BCUT2D eigenvalue weighted by Crippen LogP contribution is -2.45. The number of amides is 1. The van der Waals surface area contributed by atoms with Gasteiger partial charge in [-0.1, -0.05) is 18.2 Å². The first kappa shape index (κ1) is 14.2. The van der Waals surface area contributed by atoms with Crippen molar-refractivity contribution in [3.8, 4) is 6.07 Å². The maximum Gasteiger partial charge on any atom is 0.233 e. The summed E-state index contributed by atoms with van der Waals surface area (Å²) >= 11 is 0. The maximum atomic E-state index is 12.4. The molecule has 4 nitrogen and oxygen atoms in total. The summed E-state index contributed by atoms with van der Waals surface area (Å²) in [5.41, 5.74) is 5.82. The molecule has 0 radical (unpaired) electrons. The van der Waals surface area contributed by atoms with E-state index in [0.717, 1.165) is 5.69 Å². The van der Waals surface area contributed by atoms with Gasteiger partial charge >= 0.3 is 0 Å². The molecule has 1 aromatic rings. The molecular weight excluding hydrogens is 226 g/mol. The number of hydrogen-bond acceptors (Lipinski definition) is 3. The summed E-state index contributed by atoms with van der Waals surface area (Å²) in [6.07, 6.45) is 0.307. The van der Waals surface area contributed by atoms with Crippen molar-refractivity contribution < 1.29 is 4.79 Å². The monoisotopic (exact) mass is 245 g/mol. The van der Waals surface area contributed by atoms with Gasteiger partial charge in [-0.05, 0) is 26.0 Å². The molecule has 0 aliphatic rings. The van der Waals surface area contributed by atoms with Crippen LogP contribution in [0.2, 0.25) is 0 Å². The van der Waals surface area contributed by atoms with E-state index in [1.807, 2.05) is 44.2 Å². The molecule has 0 aromatic heterocycles. The Hall–Kier alpha value is -1.86. The first-order chi connectivity index (χ1) is 8.53. The molecule has 2 N–H and O–H groups in total. The molecular formula is C14H19N3O. The van der Waals surface area contributed by atoms with E-state index in [1.54, 1.807) is 4.90 Å². The highest BCUT2D eigenvalue weighted by Crippen LogP contribution is 2.23. The lowest BCUT2D eigenvalue weighted by molar-refractivity contribution is -0.126. The van der Waals surface area contributed by atoms with E-state index in [-0.39, 0.29) is 12.5 Å². The van der Waals surface area contributed by atoms with Gasteiger partial charge in [0.2, 0.25) is 5.91 Å². The average molecular weight is 245 g/mol. The molecule has 0 saturated carbocycles. The van der Waals surface area contributed by atoms with E-state index in [4.69, 9.17) is 11.0 Å². The summed E-state index contributed by atoms with van der Waals surface area (Å²) in [7, 11) is 0. The summed E-state index contributed by atoms with van der Waals surface area (Å²) in [4.78, 5) is 14.1. The fourth-order valence-electron chi connectivity index (χ4n) is 1.57. The van der Waals surface area contributed by atoms with E-state index in [1.165, 1.54) is 0 Å². The van der Waals surface area contributed by atoms with Crippen LogP contribution in [0.4, 0.5) is 5.69 Å². The summed E-state index contributed by atoms with van der Waals surface area (Å²) in [6, 6.07) is 11.4. The van der Waals surface area contributed by atoms with Crippen LogP contribution in [-0.2, 0) is 4.79 Å². The van der Waals surface area contributed by atoms with Gasteiger partial charge in [0, 0.05) is 18.8 Å². The maximum absolute atomic E-state index is 12.4. The van der Waals surface area contributed by atoms with E-state index in [9.17, 15) is 4.79 Å². The number of carbonyl (C=O) groups is 1. The van der Waals surface area contributed by atoms with E-state index in [0.29, 0.717) is 13.0 Å². The number of hydrogen-bond donors (Lipinski definition) is 1. The molecule has 18 heavy (non-hydrogen) atoms. The van der Waals surface area contributed by atoms with Crippen LogP contribution >= 0.6 is 0 Å². The Balaban J connectivity index is 3.00. The minimum atomic E-state index is -0.620. The molecule has 1 rings (SSSR count). The quantitative estimate of drug-likeness (QED) is 0.861. The Bertz CT molecular complexity index is 434. The molecule has 0 bridgehead atoms. The van der Waals surface area contributed by atoms with Gasteiger partial charge in [0.15, 0.2) is 0 Å². The van der Waals surface area contributed by atoms with Crippen molar-refractivity contribution in [1.29, 1.82) is 5.26 Å². The minimum Gasteiger partial charge on any atom is -0.329 e. The summed E-state index contributed by atoms with van der Waals surface area (Å²) in [6.45, 7) is 4.31. The summed E-state index contributed by atoms with van der Waals surface area (Å²) < 4.78 is 0. The van der Waals surface area contributed by atoms with Gasteiger partial charge in [0.1, 0.15) is 0 Å². The largest absolute Gasteiger partial charge is 0.329 e. The molecule has 0 heterocycles. The zero-order valence-electron chi connectivity index (χ0n) is 10.9. The second-order valence-corrected chi connectivity index (χ2v) is 4.79. The third-order valence-electron chi connectivity index (χ3n) is 2.85. The van der Waals surface area contributed by atoms with Crippen molar-refractivity contribution in [2.45, 2.75) is 20.3 Å². The second kappa shape index (κ2) is 6.18. The van der Waals surface area contributed by atoms with E-state index in [2.05, 4.69) is 6.07 Å². The summed E-state index contributed by atoms with van der Waals surface area (Å²) in [5, 5.41) is 8.69. The lowest BCUT2D eigenvalue weighted by Gasteiger charge is -2.30. The predicted octanol–water partition coefficient (Wildman–Crippen LogP) is 1.92. The average Bonchev–Trinajstić information content (AvgIpc) is 2.40. The second-order valence-electron chi connectivity index (χ2n) is 4.79. The number of nitriles is 1. The molecule has 0 fully saturated rings.